The molecule has 1 N–H and O–H groups in total. The number of fused-ring (bicyclic) bond motifs is 3. The van der Waals surface area contributed by atoms with Gasteiger partial charge in [-0.2, -0.15) is 0 Å². The Balaban J connectivity index is 1.51. The fourth-order valence-electron chi connectivity index (χ4n) is 4.24. The van der Waals surface area contributed by atoms with Crippen LogP contribution in [0.15, 0.2) is 82.7 Å². The Bertz CT molecular complexity index is 1640. The molecule has 5 rings (SSSR count). The molecule has 9 heteroatoms. The summed E-state index contributed by atoms with van der Waals surface area (Å²) < 4.78 is 8.93. The molecular weight excluding hydrogens is 486 g/mol. The molecule has 5 aromatic rings. The molecule has 0 radical (unpaired) electrons. The first-order valence-electron chi connectivity index (χ1n) is 12.0. The maximum atomic E-state index is 13.5. The van der Waals surface area contributed by atoms with E-state index in [1.54, 1.807) is 17.7 Å². The van der Waals surface area contributed by atoms with E-state index in [-0.39, 0.29) is 18.0 Å². The number of methoxy groups -OCH3 is 1. The lowest BCUT2D eigenvalue weighted by Crippen LogP contribution is -2.25. The van der Waals surface area contributed by atoms with Crippen molar-refractivity contribution >= 4 is 40.0 Å². The number of hydrogen-bond acceptors (Lipinski definition) is 6. The Morgan fingerprint density at radius 2 is 1.76 bits per heavy atom. The highest BCUT2D eigenvalue weighted by atomic mass is 32.2. The normalized spacial score (nSPS) is 12.1. The van der Waals surface area contributed by atoms with Gasteiger partial charge in [-0.1, -0.05) is 61.2 Å². The van der Waals surface area contributed by atoms with Gasteiger partial charge in [-0.15, -0.1) is 10.2 Å². The number of thioether (sulfide) groups is 1. The molecular formula is C28H27N5O3S. The number of amides is 1. The van der Waals surface area contributed by atoms with E-state index in [9.17, 15) is 9.59 Å². The van der Waals surface area contributed by atoms with Crippen molar-refractivity contribution in [3.63, 3.8) is 0 Å². The molecule has 0 bridgehead atoms. The van der Waals surface area contributed by atoms with E-state index < -0.39 is 5.25 Å². The monoisotopic (exact) mass is 513 g/mol. The quantitative estimate of drug-likeness (QED) is 0.300. The Morgan fingerprint density at radius 3 is 2.51 bits per heavy atom. The number of para-hydroxylation sites is 2. The lowest BCUT2D eigenvalue weighted by molar-refractivity contribution is -0.115. The van der Waals surface area contributed by atoms with E-state index in [0.29, 0.717) is 27.6 Å². The van der Waals surface area contributed by atoms with Crippen LogP contribution in [-0.2, 0) is 17.8 Å². The van der Waals surface area contributed by atoms with Gasteiger partial charge >= 0.3 is 0 Å². The summed E-state index contributed by atoms with van der Waals surface area (Å²) in [6, 6.07) is 22.8. The lowest BCUT2D eigenvalue weighted by atomic mass is 10.1. The summed E-state index contributed by atoms with van der Waals surface area (Å²) in [7, 11) is 1.61. The molecule has 0 aliphatic rings. The lowest BCUT2D eigenvalue weighted by Gasteiger charge is -2.14. The van der Waals surface area contributed by atoms with E-state index in [4.69, 9.17) is 4.74 Å². The van der Waals surface area contributed by atoms with Crippen LogP contribution in [0.3, 0.4) is 0 Å². The summed E-state index contributed by atoms with van der Waals surface area (Å²) >= 11 is 1.30. The SMILES string of the molecule is CCc1ccc(NC(=O)[C@@H](C)Sc2nnc3n(Cc4ccccc4OC)c(=O)c4ccccc4n23)cc1. The summed E-state index contributed by atoms with van der Waals surface area (Å²) in [5.41, 5.74) is 3.33. The maximum Gasteiger partial charge on any atom is 0.263 e. The number of nitrogens with zero attached hydrogens (tertiary/aromatic N) is 4. The Labute approximate surface area is 218 Å². The van der Waals surface area contributed by atoms with Gasteiger partial charge in [0, 0.05) is 11.3 Å². The van der Waals surface area contributed by atoms with Crippen molar-refractivity contribution < 1.29 is 9.53 Å². The number of ether oxygens (including phenoxy) is 1. The summed E-state index contributed by atoms with van der Waals surface area (Å²) in [5, 5.41) is 12.4. The first-order chi connectivity index (χ1) is 18.0. The number of rotatable bonds is 8. The van der Waals surface area contributed by atoms with Crippen LogP contribution in [0.1, 0.15) is 25.0 Å². The zero-order valence-electron chi connectivity index (χ0n) is 20.8. The largest absolute Gasteiger partial charge is 0.496 e. The fraction of sp³-hybridized carbons (Fsp3) is 0.214. The van der Waals surface area contributed by atoms with Gasteiger partial charge < -0.3 is 10.1 Å². The van der Waals surface area contributed by atoms with Crippen molar-refractivity contribution in [2.45, 2.75) is 37.2 Å². The number of carbonyl (C=O) groups excluding carboxylic acids is 1. The van der Waals surface area contributed by atoms with Crippen LogP contribution in [0.25, 0.3) is 16.7 Å². The molecule has 8 nitrogen and oxygen atoms in total. The molecule has 0 unspecified atom stereocenters. The van der Waals surface area contributed by atoms with Crippen molar-refractivity contribution in [1.82, 2.24) is 19.2 Å². The minimum atomic E-state index is -0.452. The smallest absolute Gasteiger partial charge is 0.263 e. The van der Waals surface area contributed by atoms with Crippen molar-refractivity contribution in [2.24, 2.45) is 0 Å². The average Bonchev–Trinajstić information content (AvgIpc) is 3.35. The number of nitrogens with one attached hydrogen (secondary N) is 1. The first kappa shape index (κ1) is 24.6. The standard InChI is InChI=1S/C28H27N5O3S/c1-4-19-13-15-21(16-14-19)29-25(34)18(2)37-28-31-30-27-32(17-20-9-5-8-12-24(20)36-3)26(35)22-10-6-7-11-23(22)33(27)28/h5-16,18H,4,17H2,1-3H3,(H,29,34)/t18-/m1/s1. The second-order valence-electron chi connectivity index (χ2n) is 8.64. The van der Waals surface area contributed by atoms with E-state index >= 15 is 0 Å². The van der Waals surface area contributed by atoms with Crippen LogP contribution in [0, 0.1) is 0 Å². The number of anilines is 1. The third-order valence-corrected chi connectivity index (χ3v) is 7.32. The Kier molecular flexibility index (Phi) is 6.96. The highest BCUT2D eigenvalue weighted by Gasteiger charge is 2.22. The number of hydrogen-bond donors (Lipinski definition) is 1. The van der Waals surface area contributed by atoms with Crippen molar-refractivity contribution in [1.29, 1.82) is 0 Å². The molecule has 1 amide bonds. The highest BCUT2D eigenvalue weighted by molar-refractivity contribution is 8.00. The van der Waals surface area contributed by atoms with Gasteiger partial charge in [0.1, 0.15) is 5.75 Å². The molecule has 3 aromatic carbocycles. The van der Waals surface area contributed by atoms with Crippen LogP contribution >= 0.6 is 11.8 Å². The molecule has 0 saturated carbocycles. The van der Waals surface area contributed by atoms with Crippen LogP contribution in [0.2, 0.25) is 0 Å². The second kappa shape index (κ2) is 10.5. The van der Waals surface area contributed by atoms with Crippen LogP contribution in [-0.4, -0.2) is 37.4 Å². The van der Waals surface area contributed by atoms with Crippen LogP contribution in [0.4, 0.5) is 5.69 Å². The third-order valence-electron chi connectivity index (χ3n) is 6.28. The van der Waals surface area contributed by atoms with E-state index in [1.807, 2.05) is 78.1 Å². The molecule has 0 aliphatic carbocycles. The molecule has 0 saturated heterocycles. The average molecular weight is 514 g/mol. The summed E-state index contributed by atoms with van der Waals surface area (Å²) in [5.74, 6) is 0.949. The second-order valence-corrected chi connectivity index (χ2v) is 9.95. The molecule has 0 fully saturated rings. The summed E-state index contributed by atoms with van der Waals surface area (Å²) in [4.78, 5) is 26.5. The summed E-state index contributed by atoms with van der Waals surface area (Å²) in [6.45, 7) is 4.19. The van der Waals surface area contributed by atoms with Crippen LogP contribution in [0.5, 0.6) is 5.75 Å². The topological polar surface area (TPSA) is 90.5 Å². The van der Waals surface area contributed by atoms with Gasteiger partial charge in [0.2, 0.25) is 11.7 Å². The molecule has 2 aromatic heterocycles. The van der Waals surface area contributed by atoms with E-state index in [0.717, 1.165) is 17.7 Å². The molecule has 0 spiro atoms. The maximum absolute atomic E-state index is 13.5. The number of aryl methyl sites for hydroxylation is 1. The van der Waals surface area contributed by atoms with Gasteiger partial charge in [-0.05, 0) is 49.2 Å². The number of benzene rings is 3. The molecule has 188 valence electrons. The van der Waals surface area contributed by atoms with Crippen molar-refractivity contribution in [2.75, 3.05) is 12.4 Å². The zero-order valence-corrected chi connectivity index (χ0v) is 21.7. The van der Waals surface area contributed by atoms with Gasteiger partial charge in [0.15, 0.2) is 5.16 Å². The van der Waals surface area contributed by atoms with E-state index in [1.165, 1.54) is 17.3 Å². The zero-order chi connectivity index (χ0) is 25.9. The predicted octanol–water partition coefficient (Wildman–Crippen LogP) is 4.78. The highest BCUT2D eigenvalue weighted by Crippen LogP contribution is 2.27. The minimum absolute atomic E-state index is 0.141. The van der Waals surface area contributed by atoms with Gasteiger partial charge in [0.25, 0.3) is 5.56 Å². The Morgan fingerprint density at radius 1 is 1.03 bits per heavy atom. The predicted molar refractivity (Wildman–Crippen MR) is 147 cm³/mol. The van der Waals surface area contributed by atoms with Crippen LogP contribution < -0.4 is 15.6 Å². The van der Waals surface area contributed by atoms with Crippen molar-refractivity contribution in [3.8, 4) is 5.75 Å². The molecule has 0 aliphatic heterocycles. The van der Waals surface area contributed by atoms with Gasteiger partial charge in [0.05, 0.1) is 29.8 Å². The summed E-state index contributed by atoms with van der Waals surface area (Å²) in [6.07, 6.45) is 0.941. The van der Waals surface area contributed by atoms with Gasteiger partial charge in [-0.3, -0.25) is 18.6 Å². The van der Waals surface area contributed by atoms with Gasteiger partial charge in [-0.25, -0.2) is 0 Å². The third kappa shape index (κ3) is 4.82. The molecule has 37 heavy (non-hydrogen) atoms. The molecule has 1 atom stereocenters. The van der Waals surface area contributed by atoms with Crippen molar-refractivity contribution in [3.05, 3.63) is 94.3 Å². The Hall–Kier alpha value is -4.11. The first-order valence-corrected chi connectivity index (χ1v) is 12.9. The number of carbonyl (C=O) groups is 1. The van der Waals surface area contributed by atoms with E-state index in [2.05, 4.69) is 22.4 Å². The minimum Gasteiger partial charge on any atom is -0.496 e. The fourth-order valence-corrected chi connectivity index (χ4v) is 5.09. The number of aromatic nitrogens is 4. The molecule has 2 heterocycles.